The Balaban J connectivity index is 0.00000300. The van der Waals surface area contributed by atoms with Gasteiger partial charge in [-0.1, -0.05) is 31.2 Å². The van der Waals surface area contributed by atoms with E-state index in [2.05, 4.69) is 34.7 Å². The molecule has 1 unspecified atom stereocenters. The fourth-order valence-electron chi connectivity index (χ4n) is 3.16. The molecule has 1 amide bonds. The quantitative estimate of drug-likeness (QED) is 0.302. The van der Waals surface area contributed by atoms with Crippen LogP contribution in [0.1, 0.15) is 41.3 Å². The summed E-state index contributed by atoms with van der Waals surface area (Å²) in [6.45, 7) is 3.85. The lowest BCUT2D eigenvalue weighted by atomic mass is 10.1. The van der Waals surface area contributed by atoms with Crippen LogP contribution in [0.3, 0.4) is 0 Å². The lowest BCUT2D eigenvalue weighted by molar-refractivity contribution is 0.0857. The first kappa shape index (κ1) is 23.2. The van der Waals surface area contributed by atoms with Crippen molar-refractivity contribution in [2.75, 3.05) is 18.5 Å². The van der Waals surface area contributed by atoms with E-state index in [1.807, 2.05) is 30.3 Å². The first-order chi connectivity index (χ1) is 13.6. The van der Waals surface area contributed by atoms with E-state index in [0.717, 1.165) is 37.1 Å². The number of nitrogens with zero attached hydrogens (tertiary/aromatic N) is 1. The second-order valence-electron chi connectivity index (χ2n) is 6.93. The number of carbonyl (C=O) groups excluding carboxylic acids is 1. The maximum absolute atomic E-state index is 12.4. The van der Waals surface area contributed by atoms with Crippen molar-refractivity contribution in [3.8, 4) is 0 Å². The molecule has 0 saturated carbocycles. The number of hydrogen-bond donors (Lipinski definition) is 3. The van der Waals surface area contributed by atoms with Crippen molar-refractivity contribution >= 4 is 41.5 Å². The second-order valence-corrected chi connectivity index (χ2v) is 6.93. The Hall–Kier alpha value is -2.13. The molecule has 2 aromatic rings. The minimum absolute atomic E-state index is 0. The molecule has 3 rings (SSSR count). The number of halogens is 1. The summed E-state index contributed by atoms with van der Waals surface area (Å²) >= 11 is 0. The van der Waals surface area contributed by atoms with Gasteiger partial charge in [0.25, 0.3) is 5.91 Å². The third kappa shape index (κ3) is 7.32. The van der Waals surface area contributed by atoms with Crippen LogP contribution < -0.4 is 16.4 Å². The molecule has 0 aliphatic carbocycles. The summed E-state index contributed by atoms with van der Waals surface area (Å²) in [5.41, 5.74) is 9.71. The van der Waals surface area contributed by atoms with E-state index in [1.54, 1.807) is 6.07 Å². The van der Waals surface area contributed by atoms with Crippen molar-refractivity contribution in [1.82, 2.24) is 5.32 Å². The number of carbonyl (C=O) groups is 1. The number of aryl methyl sites for hydroxylation is 1. The number of nitrogens with two attached hydrogens (primary N) is 1. The molecule has 29 heavy (non-hydrogen) atoms. The average Bonchev–Trinajstić information content (AvgIpc) is 3.24. The zero-order valence-electron chi connectivity index (χ0n) is 16.7. The van der Waals surface area contributed by atoms with E-state index >= 15 is 0 Å². The van der Waals surface area contributed by atoms with Gasteiger partial charge in [0.2, 0.25) is 0 Å². The van der Waals surface area contributed by atoms with Crippen molar-refractivity contribution < 1.29 is 9.53 Å². The number of rotatable bonds is 7. The molecule has 1 atom stereocenters. The Morgan fingerprint density at radius 2 is 2.00 bits per heavy atom. The Morgan fingerprint density at radius 3 is 2.76 bits per heavy atom. The average molecular weight is 508 g/mol. The number of anilines is 1. The van der Waals surface area contributed by atoms with E-state index in [9.17, 15) is 4.79 Å². The smallest absolute Gasteiger partial charge is 0.251 e. The van der Waals surface area contributed by atoms with E-state index in [-0.39, 0.29) is 36.0 Å². The molecular weight excluding hydrogens is 479 g/mol. The molecule has 0 aromatic heterocycles. The monoisotopic (exact) mass is 508 g/mol. The van der Waals surface area contributed by atoms with Gasteiger partial charge in [0, 0.05) is 24.4 Å². The van der Waals surface area contributed by atoms with Gasteiger partial charge in [-0.15, -0.1) is 24.0 Å². The normalized spacial score (nSPS) is 16.2. The molecule has 1 saturated heterocycles. The number of nitrogens with one attached hydrogen (secondary N) is 2. The third-order valence-corrected chi connectivity index (χ3v) is 4.74. The molecule has 156 valence electrons. The number of amides is 1. The van der Waals surface area contributed by atoms with Gasteiger partial charge in [-0.2, -0.15) is 0 Å². The number of benzene rings is 2. The topological polar surface area (TPSA) is 88.7 Å². The van der Waals surface area contributed by atoms with Gasteiger partial charge in [0.1, 0.15) is 0 Å². The summed E-state index contributed by atoms with van der Waals surface area (Å²) in [5, 5.41) is 6.05. The van der Waals surface area contributed by atoms with Crippen LogP contribution in [0, 0.1) is 0 Å². The Morgan fingerprint density at radius 1 is 1.21 bits per heavy atom. The SMILES string of the molecule is CCc1cccc(NC(N)=NCc2cccc(C(=O)NCC3CCCO3)c2)c1.I. The maximum atomic E-state index is 12.4. The summed E-state index contributed by atoms with van der Waals surface area (Å²) in [6.07, 6.45) is 3.16. The van der Waals surface area contributed by atoms with Crippen LogP contribution in [0.25, 0.3) is 0 Å². The summed E-state index contributed by atoms with van der Waals surface area (Å²) in [4.78, 5) is 16.7. The van der Waals surface area contributed by atoms with Gasteiger partial charge < -0.3 is 21.1 Å². The molecule has 4 N–H and O–H groups in total. The molecular formula is C22H29IN4O2. The Labute approximate surface area is 189 Å². The summed E-state index contributed by atoms with van der Waals surface area (Å²) in [6, 6.07) is 15.5. The molecule has 2 aromatic carbocycles. The molecule has 1 aliphatic heterocycles. The van der Waals surface area contributed by atoms with Crippen LogP contribution in [0.5, 0.6) is 0 Å². The van der Waals surface area contributed by atoms with Gasteiger partial charge in [-0.3, -0.25) is 4.79 Å². The standard InChI is InChI=1S/C22H28N4O2.HI/c1-2-16-6-4-9-19(13-16)26-22(23)25-14-17-7-3-8-18(12-17)21(27)24-15-20-10-5-11-28-20;/h3-4,6-9,12-13,20H,2,5,10-11,14-15H2,1H3,(H,24,27)(H3,23,25,26);1H. The number of ether oxygens (including phenoxy) is 1. The third-order valence-electron chi connectivity index (χ3n) is 4.74. The van der Waals surface area contributed by atoms with Crippen LogP contribution in [0.15, 0.2) is 53.5 Å². The first-order valence-corrected chi connectivity index (χ1v) is 9.78. The molecule has 0 spiro atoms. The van der Waals surface area contributed by atoms with Crippen molar-refractivity contribution in [3.63, 3.8) is 0 Å². The highest BCUT2D eigenvalue weighted by Gasteiger charge is 2.16. The van der Waals surface area contributed by atoms with Crippen molar-refractivity contribution in [1.29, 1.82) is 0 Å². The van der Waals surface area contributed by atoms with Crippen LogP contribution in [-0.4, -0.2) is 31.1 Å². The molecule has 1 fully saturated rings. The fraction of sp³-hybridized carbons (Fsp3) is 0.364. The summed E-state index contributed by atoms with van der Waals surface area (Å²) < 4.78 is 5.54. The predicted octanol–water partition coefficient (Wildman–Crippen LogP) is 3.70. The van der Waals surface area contributed by atoms with Gasteiger partial charge in [0.15, 0.2) is 5.96 Å². The molecule has 0 radical (unpaired) electrons. The largest absolute Gasteiger partial charge is 0.376 e. The lowest BCUT2D eigenvalue weighted by Gasteiger charge is -2.11. The minimum Gasteiger partial charge on any atom is -0.376 e. The van der Waals surface area contributed by atoms with Gasteiger partial charge in [-0.05, 0) is 54.7 Å². The number of aliphatic imine (C=N–C) groups is 1. The van der Waals surface area contributed by atoms with Crippen molar-refractivity contribution in [2.45, 2.75) is 38.8 Å². The molecule has 7 heteroatoms. The van der Waals surface area contributed by atoms with Crippen LogP contribution in [-0.2, 0) is 17.7 Å². The molecule has 1 heterocycles. The number of hydrogen-bond acceptors (Lipinski definition) is 3. The lowest BCUT2D eigenvalue weighted by Crippen LogP contribution is -2.31. The minimum atomic E-state index is -0.0937. The van der Waals surface area contributed by atoms with Crippen LogP contribution >= 0.6 is 24.0 Å². The fourth-order valence-corrected chi connectivity index (χ4v) is 3.16. The highest BCUT2D eigenvalue weighted by Crippen LogP contribution is 2.13. The zero-order valence-corrected chi connectivity index (χ0v) is 19.0. The van der Waals surface area contributed by atoms with Crippen LogP contribution in [0.2, 0.25) is 0 Å². The zero-order chi connectivity index (χ0) is 19.8. The van der Waals surface area contributed by atoms with E-state index in [4.69, 9.17) is 10.5 Å². The Bertz CT molecular complexity index is 835. The molecule has 1 aliphatic rings. The van der Waals surface area contributed by atoms with Gasteiger partial charge in [0.05, 0.1) is 12.6 Å². The Kier molecular flexibility index (Phi) is 9.40. The van der Waals surface area contributed by atoms with E-state index < -0.39 is 0 Å². The summed E-state index contributed by atoms with van der Waals surface area (Å²) in [5.74, 6) is 0.255. The highest BCUT2D eigenvalue weighted by molar-refractivity contribution is 14.0. The first-order valence-electron chi connectivity index (χ1n) is 9.78. The van der Waals surface area contributed by atoms with Crippen molar-refractivity contribution in [3.05, 3.63) is 65.2 Å². The maximum Gasteiger partial charge on any atom is 0.251 e. The van der Waals surface area contributed by atoms with Crippen LogP contribution in [0.4, 0.5) is 5.69 Å². The van der Waals surface area contributed by atoms with Gasteiger partial charge >= 0.3 is 0 Å². The molecule has 6 nitrogen and oxygen atoms in total. The van der Waals surface area contributed by atoms with E-state index in [0.29, 0.717) is 24.6 Å². The molecule has 0 bridgehead atoms. The van der Waals surface area contributed by atoms with Crippen molar-refractivity contribution in [2.24, 2.45) is 10.7 Å². The highest BCUT2D eigenvalue weighted by atomic mass is 127. The predicted molar refractivity (Wildman–Crippen MR) is 128 cm³/mol. The second kappa shape index (κ2) is 11.8. The summed E-state index contributed by atoms with van der Waals surface area (Å²) in [7, 11) is 0. The number of guanidine groups is 1. The van der Waals surface area contributed by atoms with E-state index in [1.165, 1.54) is 5.56 Å². The van der Waals surface area contributed by atoms with Gasteiger partial charge in [-0.25, -0.2) is 4.99 Å².